The highest BCUT2D eigenvalue weighted by Crippen LogP contribution is 2.20. The fourth-order valence-corrected chi connectivity index (χ4v) is 3.12. The molecule has 2 atom stereocenters. The summed E-state index contributed by atoms with van der Waals surface area (Å²) in [5.74, 6) is 0.590. The lowest BCUT2D eigenvalue weighted by Gasteiger charge is -2.33. The number of carbonyl (C=O) groups excluding carboxylic acids is 2. The van der Waals surface area contributed by atoms with Gasteiger partial charge in [0.15, 0.2) is 0 Å². The zero-order valence-corrected chi connectivity index (χ0v) is 14.9. The predicted molar refractivity (Wildman–Crippen MR) is 91.4 cm³/mol. The molecule has 23 heavy (non-hydrogen) atoms. The molecule has 2 fully saturated rings. The average Bonchev–Trinajstić information content (AvgIpc) is 2.96. The van der Waals surface area contributed by atoms with Crippen molar-refractivity contribution in [2.24, 2.45) is 11.7 Å². The first kappa shape index (κ1) is 20.2. The number of nitrogens with one attached hydrogen (secondary N) is 1. The Bertz CT molecular complexity index is 398. The van der Waals surface area contributed by atoms with E-state index in [0.29, 0.717) is 18.9 Å². The van der Waals surface area contributed by atoms with Crippen molar-refractivity contribution in [1.82, 2.24) is 10.2 Å². The van der Waals surface area contributed by atoms with Crippen LogP contribution in [0.5, 0.6) is 0 Å². The summed E-state index contributed by atoms with van der Waals surface area (Å²) < 4.78 is 5.62. The number of nitrogens with two attached hydrogens (primary N) is 1. The topological polar surface area (TPSA) is 84.7 Å². The Labute approximate surface area is 144 Å². The fourth-order valence-electron chi connectivity index (χ4n) is 3.12. The molecule has 2 heterocycles. The molecule has 134 valence electrons. The van der Waals surface area contributed by atoms with Gasteiger partial charge in [-0.2, -0.15) is 0 Å². The van der Waals surface area contributed by atoms with Crippen molar-refractivity contribution < 1.29 is 14.3 Å². The minimum absolute atomic E-state index is 0. The van der Waals surface area contributed by atoms with Crippen LogP contribution in [0.4, 0.5) is 0 Å². The number of nitrogens with zero attached hydrogens (tertiary/aromatic N) is 1. The molecule has 0 spiro atoms. The molecule has 2 rings (SSSR count). The van der Waals surface area contributed by atoms with Gasteiger partial charge in [-0.15, -0.1) is 12.4 Å². The van der Waals surface area contributed by atoms with Gasteiger partial charge in [0.2, 0.25) is 11.8 Å². The molecule has 6 nitrogen and oxygen atoms in total. The van der Waals surface area contributed by atoms with Gasteiger partial charge >= 0.3 is 0 Å². The monoisotopic (exact) mass is 347 g/mol. The molecule has 7 heteroatoms. The molecule has 2 saturated heterocycles. The first-order chi connectivity index (χ1) is 10.5. The average molecular weight is 348 g/mol. The van der Waals surface area contributed by atoms with Crippen molar-refractivity contribution in [1.29, 1.82) is 0 Å². The number of carbonyl (C=O) groups is 2. The lowest BCUT2D eigenvalue weighted by Crippen LogP contribution is -2.49. The van der Waals surface area contributed by atoms with E-state index in [1.54, 1.807) is 0 Å². The van der Waals surface area contributed by atoms with E-state index in [2.05, 4.69) is 19.2 Å². The molecule has 2 aliphatic rings. The standard InChI is InChI=1S/C16H29N3O3.ClH/c1-11(2)9-15(20)19-7-5-12(6-8-19)18-16(21)14-4-3-13(10-17)22-14;/h11-14H,3-10,17H2,1-2H3,(H,18,21);1H/t13-,14+;/m1./s1. The minimum atomic E-state index is -0.353. The van der Waals surface area contributed by atoms with Crippen molar-refractivity contribution in [3.8, 4) is 0 Å². The maximum Gasteiger partial charge on any atom is 0.249 e. The third-order valence-corrected chi connectivity index (χ3v) is 4.44. The van der Waals surface area contributed by atoms with Crippen LogP contribution in [0.25, 0.3) is 0 Å². The van der Waals surface area contributed by atoms with Crippen LogP contribution in [-0.4, -0.2) is 54.6 Å². The Hall–Kier alpha value is -0.850. The number of likely N-dealkylation sites (tertiary alicyclic amines) is 1. The van der Waals surface area contributed by atoms with Gasteiger partial charge in [0.05, 0.1) is 6.10 Å². The Balaban J connectivity index is 0.00000264. The largest absolute Gasteiger partial charge is 0.364 e. The minimum Gasteiger partial charge on any atom is -0.364 e. The highest BCUT2D eigenvalue weighted by atomic mass is 35.5. The van der Waals surface area contributed by atoms with Crippen LogP contribution in [0.1, 0.15) is 46.0 Å². The van der Waals surface area contributed by atoms with Crippen LogP contribution < -0.4 is 11.1 Å². The molecule has 0 unspecified atom stereocenters. The van der Waals surface area contributed by atoms with E-state index in [1.165, 1.54) is 0 Å². The van der Waals surface area contributed by atoms with E-state index in [0.717, 1.165) is 38.8 Å². The van der Waals surface area contributed by atoms with Crippen LogP contribution in [0, 0.1) is 5.92 Å². The van der Waals surface area contributed by atoms with Crippen molar-refractivity contribution >= 4 is 24.2 Å². The molecule has 0 aliphatic carbocycles. The molecule has 0 aromatic rings. The maximum absolute atomic E-state index is 12.2. The van der Waals surface area contributed by atoms with Crippen molar-refractivity contribution in [2.75, 3.05) is 19.6 Å². The van der Waals surface area contributed by atoms with Gasteiger partial charge in [-0.3, -0.25) is 9.59 Å². The number of rotatable bonds is 5. The van der Waals surface area contributed by atoms with Crippen LogP contribution in [0.3, 0.4) is 0 Å². The summed E-state index contributed by atoms with van der Waals surface area (Å²) in [6.07, 6.45) is 3.52. The van der Waals surface area contributed by atoms with E-state index in [9.17, 15) is 9.59 Å². The van der Waals surface area contributed by atoms with Gasteiger partial charge in [-0.1, -0.05) is 13.8 Å². The number of ether oxygens (including phenoxy) is 1. The van der Waals surface area contributed by atoms with Crippen LogP contribution >= 0.6 is 12.4 Å². The van der Waals surface area contributed by atoms with Crippen molar-refractivity contribution in [2.45, 2.75) is 64.2 Å². The van der Waals surface area contributed by atoms with E-state index in [4.69, 9.17) is 10.5 Å². The summed E-state index contributed by atoms with van der Waals surface area (Å²) in [7, 11) is 0. The van der Waals surface area contributed by atoms with Gasteiger partial charge in [0, 0.05) is 32.1 Å². The van der Waals surface area contributed by atoms with Gasteiger partial charge in [0.25, 0.3) is 0 Å². The lowest BCUT2D eigenvalue weighted by molar-refractivity contribution is -0.134. The number of hydrogen-bond acceptors (Lipinski definition) is 4. The molecular formula is C16H30ClN3O3. The molecule has 0 radical (unpaired) electrons. The Morgan fingerprint density at radius 3 is 2.39 bits per heavy atom. The first-order valence-corrected chi connectivity index (χ1v) is 8.43. The SMILES string of the molecule is CC(C)CC(=O)N1CCC(NC(=O)[C@@H]2CC[C@H](CN)O2)CC1.Cl. The van der Waals surface area contributed by atoms with Gasteiger partial charge < -0.3 is 20.7 Å². The van der Waals surface area contributed by atoms with Crippen LogP contribution in [-0.2, 0) is 14.3 Å². The molecule has 2 aliphatic heterocycles. The second-order valence-electron chi connectivity index (χ2n) is 6.82. The van der Waals surface area contributed by atoms with Gasteiger partial charge in [-0.05, 0) is 31.6 Å². The van der Waals surface area contributed by atoms with Gasteiger partial charge in [0.1, 0.15) is 6.10 Å². The summed E-state index contributed by atoms with van der Waals surface area (Å²) >= 11 is 0. The van der Waals surface area contributed by atoms with E-state index in [1.807, 2.05) is 4.90 Å². The Kier molecular flexibility index (Phi) is 8.29. The highest BCUT2D eigenvalue weighted by Gasteiger charge is 2.32. The molecule has 0 aromatic heterocycles. The summed E-state index contributed by atoms with van der Waals surface area (Å²) in [5.41, 5.74) is 5.56. The van der Waals surface area contributed by atoms with Crippen molar-refractivity contribution in [3.05, 3.63) is 0 Å². The second-order valence-corrected chi connectivity index (χ2v) is 6.82. The quantitative estimate of drug-likeness (QED) is 0.779. The highest BCUT2D eigenvalue weighted by molar-refractivity contribution is 5.85. The number of halogens is 1. The summed E-state index contributed by atoms with van der Waals surface area (Å²) in [6.45, 7) is 6.04. The molecule has 0 aromatic carbocycles. The number of hydrogen-bond donors (Lipinski definition) is 2. The maximum atomic E-state index is 12.2. The third-order valence-electron chi connectivity index (χ3n) is 4.44. The third kappa shape index (κ3) is 5.94. The van der Waals surface area contributed by atoms with E-state index >= 15 is 0 Å². The first-order valence-electron chi connectivity index (χ1n) is 8.43. The number of piperidine rings is 1. The predicted octanol–water partition coefficient (Wildman–Crippen LogP) is 1.07. The van der Waals surface area contributed by atoms with E-state index in [-0.39, 0.29) is 42.5 Å². The number of amides is 2. The molecule has 0 bridgehead atoms. The Morgan fingerprint density at radius 2 is 1.87 bits per heavy atom. The fraction of sp³-hybridized carbons (Fsp3) is 0.875. The molecular weight excluding hydrogens is 318 g/mol. The zero-order valence-electron chi connectivity index (χ0n) is 14.1. The second kappa shape index (κ2) is 9.45. The lowest BCUT2D eigenvalue weighted by atomic mass is 10.0. The zero-order chi connectivity index (χ0) is 16.1. The normalized spacial score (nSPS) is 25.3. The van der Waals surface area contributed by atoms with Crippen molar-refractivity contribution in [3.63, 3.8) is 0 Å². The Morgan fingerprint density at radius 1 is 1.22 bits per heavy atom. The molecule has 3 N–H and O–H groups in total. The summed E-state index contributed by atoms with van der Waals surface area (Å²) in [4.78, 5) is 26.1. The van der Waals surface area contributed by atoms with Crippen LogP contribution in [0.2, 0.25) is 0 Å². The molecule has 2 amide bonds. The van der Waals surface area contributed by atoms with E-state index < -0.39 is 0 Å². The van der Waals surface area contributed by atoms with Crippen LogP contribution in [0.15, 0.2) is 0 Å². The molecule has 0 saturated carbocycles. The smallest absolute Gasteiger partial charge is 0.249 e. The summed E-state index contributed by atoms with van der Waals surface area (Å²) in [5, 5.41) is 3.06. The van der Waals surface area contributed by atoms with Gasteiger partial charge in [-0.25, -0.2) is 0 Å². The summed E-state index contributed by atoms with van der Waals surface area (Å²) in [6, 6.07) is 0.149.